The lowest BCUT2D eigenvalue weighted by atomic mass is 10.3. The highest BCUT2D eigenvalue weighted by Gasteiger charge is 2.21. The van der Waals surface area contributed by atoms with Crippen molar-refractivity contribution in [2.24, 2.45) is 0 Å². The molecule has 0 saturated heterocycles. The van der Waals surface area contributed by atoms with Crippen molar-refractivity contribution in [2.45, 2.75) is 39.3 Å². The summed E-state index contributed by atoms with van der Waals surface area (Å²) in [4.78, 5) is 0. The Morgan fingerprint density at radius 2 is 1.93 bits per heavy atom. The Bertz CT molecular complexity index is 305. The SMILES string of the molecule is CC(CC#N)NS(=O)(=O)N(C)C(C)C. The van der Waals surface area contributed by atoms with E-state index in [1.54, 1.807) is 20.8 Å². The third-order valence-corrected chi connectivity index (χ3v) is 3.73. The van der Waals surface area contributed by atoms with Crippen LogP contribution in [0.15, 0.2) is 0 Å². The third kappa shape index (κ3) is 4.05. The van der Waals surface area contributed by atoms with Gasteiger partial charge in [-0.25, -0.2) is 0 Å². The Kier molecular flexibility index (Phi) is 5.05. The second-order valence-electron chi connectivity index (χ2n) is 3.50. The molecule has 82 valence electrons. The monoisotopic (exact) mass is 219 g/mol. The van der Waals surface area contributed by atoms with Crippen molar-refractivity contribution >= 4 is 10.2 Å². The zero-order valence-corrected chi connectivity index (χ0v) is 9.80. The first-order valence-corrected chi connectivity index (χ1v) is 5.87. The molecule has 0 bridgehead atoms. The lowest BCUT2D eigenvalue weighted by molar-refractivity contribution is 0.397. The van der Waals surface area contributed by atoms with Crippen molar-refractivity contribution in [3.63, 3.8) is 0 Å². The average molecular weight is 219 g/mol. The number of nitrogens with one attached hydrogen (secondary N) is 1. The maximum Gasteiger partial charge on any atom is 0.279 e. The lowest BCUT2D eigenvalue weighted by Gasteiger charge is -2.22. The molecule has 5 nitrogen and oxygen atoms in total. The van der Waals surface area contributed by atoms with Crippen LogP contribution in [0.5, 0.6) is 0 Å². The van der Waals surface area contributed by atoms with E-state index in [-0.39, 0.29) is 18.5 Å². The first-order chi connectivity index (χ1) is 6.31. The lowest BCUT2D eigenvalue weighted by Crippen LogP contribution is -2.45. The van der Waals surface area contributed by atoms with Crippen LogP contribution in [0.4, 0.5) is 0 Å². The minimum absolute atomic E-state index is 0.0956. The summed E-state index contributed by atoms with van der Waals surface area (Å²) in [5.41, 5.74) is 0. The van der Waals surface area contributed by atoms with E-state index in [0.29, 0.717) is 0 Å². The topological polar surface area (TPSA) is 73.2 Å². The van der Waals surface area contributed by atoms with Crippen LogP contribution in [0, 0.1) is 11.3 Å². The second kappa shape index (κ2) is 5.29. The molecule has 6 heteroatoms. The number of hydrogen-bond donors (Lipinski definition) is 1. The molecule has 0 aliphatic heterocycles. The summed E-state index contributed by atoms with van der Waals surface area (Å²) in [6.45, 7) is 5.23. The highest BCUT2D eigenvalue weighted by molar-refractivity contribution is 7.87. The molecular weight excluding hydrogens is 202 g/mol. The second-order valence-corrected chi connectivity index (χ2v) is 5.26. The van der Waals surface area contributed by atoms with Gasteiger partial charge >= 0.3 is 0 Å². The molecular formula is C8H17N3O2S. The van der Waals surface area contributed by atoms with Gasteiger partial charge in [0.1, 0.15) is 0 Å². The fourth-order valence-corrected chi connectivity index (χ4v) is 2.11. The molecule has 0 amide bonds. The normalized spacial score (nSPS) is 14.4. The van der Waals surface area contributed by atoms with Crippen molar-refractivity contribution in [3.8, 4) is 6.07 Å². The minimum atomic E-state index is -3.45. The van der Waals surface area contributed by atoms with Gasteiger partial charge in [0.25, 0.3) is 10.2 Å². The highest BCUT2D eigenvalue weighted by Crippen LogP contribution is 2.02. The van der Waals surface area contributed by atoms with Gasteiger partial charge in [-0.15, -0.1) is 0 Å². The molecule has 0 rings (SSSR count). The van der Waals surface area contributed by atoms with Crippen molar-refractivity contribution in [3.05, 3.63) is 0 Å². The molecule has 0 aliphatic carbocycles. The predicted octanol–water partition coefficient (Wildman–Crippen LogP) is 0.463. The summed E-state index contributed by atoms with van der Waals surface area (Å²) < 4.78 is 26.8. The van der Waals surface area contributed by atoms with Gasteiger partial charge in [-0.05, 0) is 20.8 Å². The van der Waals surface area contributed by atoms with Crippen LogP contribution in [0.2, 0.25) is 0 Å². The summed E-state index contributed by atoms with van der Waals surface area (Å²) in [6.07, 6.45) is 0.172. The zero-order valence-electron chi connectivity index (χ0n) is 8.98. The van der Waals surface area contributed by atoms with Crippen LogP contribution < -0.4 is 4.72 Å². The van der Waals surface area contributed by atoms with E-state index in [4.69, 9.17) is 5.26 Å². The molecule has 0 aromatic heterocycles. The molecule has 0 spiro atoms. The smallest absolute Gasteiger partial charge is 0.198 e. The van der Waals surface area contributed by atoms with E-state index in [2.05, 4.69) is 4.72 Å². The fourth-order valence-electron chi connectivity index (χ4n) is 0.794. The zero-order chi connectivity index (χ0) is 11.4. The first kappa shape index (κ1) is 13.4. The standard InChI is InChI=1S/C8H17N3O2S/c1-7(2)11(4)14(12,13)10-8(3)5-6-9/h7-8,10H,5H2,1-4H3. The van der Waals surface area contributed by atoms with Crippen molar-refractivity contribution in [1.29, 1.82) is 5.26 Å². The van der Waals surface area contributed by atoms with Crippen molar-refractivity contribution in [2.75, 3.05) is 7.05 Å². The van der Waals surface area contributed by atoms with E-state index in [1.165, 1.54) is 11.4 Å². The average Bonchev–Trinajstić information content (AvgIpc) is 2.02. The molecule has 1 atom stereocenters. The van der Waals surface area contributed by atoms with Crippen molar-refractivity contribution < 1.29 is 8.42 Å². The molecule has 14 heavy (non-hydrogen) atoms. The van der Waals surface area contributed by atoms with Crippen LogP contribution in [0.1, 0.15) is 27.2 Å². The molecule has 0 fully saturated rings. The van der Waals surface area contributed by atoms with Gasteiger partial charge in [0, 0.05) is 19.1 Å². The quantitative estimate of drug-likeness (QED) is 0.730. The third-order valence-electron chi connectivity index (χ3n) is 1.85. The van der Waals surface area contributed by atoms with Gasteiger partial charge in [-0.2, -0.15) is 22.7 Å². The number of rotatable bonds is 5. The van der Waals surface area contributed by atoms with E-state index in [9.17, 15) is 8.42 Å². The molecule has 0 aliphatic rings. The summed E-state index contributed by atoms with van der Waals surface area (Å²) in [7, 11) is -1.94. The number of hydrogen-bond acceptors (Lipinski definition) is 3. The van der Waals surface area contributed by atoms with E-state index < -0.39 is 10.2 Å². The fraction of sp³-hybridized carbons (Fsp3) is 0.875. The molecule has 0 saturated carbocycles. The Labute approximate surface area is 85.9 Å². The summed E-state index contributed by atoms with van der Waals surface area (Å²) >= 11 is 0. The van der Waals surface area contributed by atoms with Gasteiger partial charge in [-0.3, -0.25) is 0 Å². The Morgan fingerprint density at radius 3 is 2.29 bits per heavy atom. The first-order valence-electron chi connectivity index (χ1n) is 4.43. The molecule has 0 radical (unpaired) electrons. The van der Waals surface area contributed by atoms with Gasteiger partial charge in [0.2, 0.25) is 0 Å². The van der Waals surface area contributed by atoms with Gasteiger partial charge in [0.15, 0.2) is 0 Å². The van der Waals surface area contributed by atoms with Crippen molar-refractivity contribution in [1.82, 2.24) is 9.03 Å². The Morgan fingerprint density at radius 1 is 1.43 bits per heavy atom. The van der Waals surface area contributed by atoms with Crippen LogP contribution in [-0.2, 0) is 10.2 Å². The summed E-state index contributed by atoms with van der Waals surface area (Å²) in [5.74, 6) is 0. The van der Waals surface area contributed by atoms with E-state index in [1.807, 2.05) is 6.07 Å². The minimum Gasteiger partial charge on any atom is -0.198 e. The predicted molar refractivity (Wildman–Crippen MR) is 54.6 cm³/mol. The van der Waals surface area contributed by atoms with Gasteiger partial charge < -0.3 is 0 Å². The largest absolute Gasteiger partial charge is 0.279 e. The van der Waals surface area contributed by atoms with Crippen LogP contribution in [0.3, 0.4) is 0 Å². The summed E-state index contributed by atoms with van der Waals surface area (Å²) in [5, 5.41) is 8.38. The van der Waals surface area contributed by atoms with Crippen LogP contribution in [-0.4, -0.2) is 31.9 Å². The van der Waals surface area contributed by atoms with E-state index >= 15 is 0 Å². The molecule has 0 aromatic rings. The maximum absolute atomic E-state index is 11.6. The molecule has 0 heterocycles. The maximum atomic E-state index is 11.6. The van der Waals surface area contributed by atoms with Gasteiger partial charge in [-0.1, -0.05) is 0 Å². The highest BCUT2D eigenvalue weighted by atomic mass is 32.2. The molecule has 0 aromatic carbocycles. The number of nitriles is 1. The molecule has 1 N–H and O–H groups in total. The van der Waals surface area contributed by atoms with Gasteiger partial charge in [0.05, 0.1) is 12.5 Å². The van der Waals surface area contributed by atoms with E-state index in [0.717, 1.165) is 0 Å². The molecule has 1 unspecified atom stereocenters. The van der Waals surface area contributed by atoms with Crippen LogP contribution >= 0.6 is 0 Å². The summed E-state index contributed by atoms with van der Waals surface area (Å²) in [6, 6.07) is 1.46. The Balaban J connectivity index is 4.44. The van der Waals surface area contributed by atoms with Crippen LogP contribution in [0.25, 0.3) is 0 Å². The Hall–Kier alpha value is -0.640. The number of nitrogens with zero attached hydrogens (tertiary/aromatic N) is 2.